The zero-order chi connectivity index (χ0) is 18.7. The molecule has 0 aliphatic rings. The molecule has 1 aromatic carbocycles. The molecule has 0 aliphatic heterocycles. The van der Waals surface area contributed by atoms with Crippen LogP contribution in [0.2, 0.25) is 0 Å². The molecule has 2 aromatic heterocycles. The Morgan fingerprint density at radius 3 is 2.56 bits per heavy atom. The second-order valence-corrected chi connectivity index (χ2v) is 5.35. The number of carbonyl (C=O) groups excluding carboxylic acids is 1. The van der Waals surface area contributed by atoms with Gasteiger partial charge in [0, 0.05) is 42.1 Å². The summed E-state index contributed by atoms with van der Waals surface area (Å²) in [6, 6.07) is 16.2. The number of amides is 1. The van der Waals surface area contributed by atoms with Gasteiger partial charge in [-0.15, -0.1) is 0 Å². The number of pyridine rings is 2. The Bertz CT molecular complexity index is 913. The summed E-state index contributed by atoms with van der Waals surface area (Å²) in [5.74, 6) is 0.638. The van der Waals surface area contributed by atoms with Crippen molar-refractivity contribution in [1.29, 1.82) is 0 Å². The van der Waals surface area contributed by atoms with E-state index < -0.39 is 0 Å². The summed E-state index contributed by atoms with van der Waals surface area (Å²) < 4.78 is 5.67. The molecule has 0 radical (unpaired) electrons. The number of aliphatic imine (C=N–C) groups is 1. The van der Waals surface area contributed by atoms with Crippen molar-refractivity contribution >= 4 is 18.0 Å². The van der Waals surface area contributed by atoms with Crippen molar-refractivity contribution in [3.63, 3.8) is 0 Å². The fraction of sp³-hybridized carbons (Fsp3) is 0.0500. The highest BCUT2D eigenvalue weighted by Crippen LogP contribution is 2.08. The number of ether oxygens (including phenoxy) is 1. The van der Waals surface area contributed by atoms with Crippen molar-refractivity contribution < 1.29 is 9.53 Å². The normalized spacial score (nSPS) is 11.3. The van der Waals surface area contributed by atoms with Crippen molar-refractivity contribution in [3.8, 4) is 5.75 Å². The molecule has 1 N–H and O–H groups in total. The van der Waals surface area contributed by atoms with E-state index in [0.29, 0.717) is 17.1 Å². The first-order chi connectivity index (χ1) is 13.3. The minimum Gasteiger partial charge on any atom is -0.486 e. The second-order valence-electron chi connectivity index (χ2n) is 5.35. The lowest BCUT2D eigenvalue weighted by molar-refractivity contribution is 0.0954. The van der Waals surface area contributed by atoms with Gasteiger partial charge in [-0.05, 0) is 30.3 Å². The number of aromatic nitrogens is 2. The van der Waals surface area contributed by atoms with Crippen LogP contribution in [0.25, 0.3) is 0 Å². The number of carbonyl (C=O) groups is 1. The van der Waals surface area contributed by atoms with Crippen molar-refractivity contribution in [3.05, 3.63) is 90.5 Å². The lowest BCUT2D eigenvalue weighted by Crippen LogP contribution is -2.21. The number of rotatable bonds is 6. The van der Waals surface area contributed by atoms with Crippen LogP contribution in [0.15, 0.2) is 89.5 Å². The molecule has 0 aliphatic carbocycles. The van der Waals surface area contributed by atoms with Crippen LogP contribution in [0, 0.1) is 0 Å². The van der Waals surface area contributed by atoms with Crippen LogP contribution in [-0.4, -0.2) is 34.5 Å². The first kappa shape index (κ1) is 17.9. The standard InChI is InChI=1S/C20H17N5O2/c26-20(17-8-11-21-12-9-17)25-24-19(15-27-18-6-2-1-3-7-18)23-14-16-5-4-10-22-13-16/h1-14H,15H2,(H,25,26)/b23-14?,24-19-. The average molecular weight is 359 g/mol. The van der Waals surface area contributed by atoms with Gasteiger partial charge in [-0.2, -0.15) is 5.10 Å². The smallest absolute Gasteiger partial charge is 0.271 e. The molecule has 0 unspecified atom stereocenters. The summed E-state index contributed by atoms with van der Waals surface area (Å²) in [7, 11) is 0. The predicted molar refractivity (Wildman–Crippen MR) is 103 cm³/mol. The maximum Gasteiger partial charge on any atom is 0.271 e. The molecule has 1 amide bonds. The van der Waals surface area contributed by atoms with E-state index in [4.69, 9.17) is 4.74 Å². The number of nitrogens with zero attached hydrogens (tertiary/aromatic N) is 4. The van der Waals surface area contributed by atoms with Gasteiger partial charge in [-0.3, -0.25) is 14.8 Å². The average Bonchev–Trinajstić information content (AvgIpc) is 2.75. The number of amidine groups is 1. The van der Waals surface area contributed by atoms with Crippen LogP contribution in [0.4, 0.5) is 0 Å². The molecule has 0 atom stereocenters. The Morgan fingerprint density at radius 1 is 1.00 bits per heavy atom. The van der Waals surface area contributed by atoms with Gasteiger partial charge in [-0.1, -0.05) is 24.3 Å². The molecule has 7 nitrogen and oxygen atoms in total. The van der Waals surface area contributed by atoms with E-state index in [2.05, 4.69) is 25.5 Å². The third-order valence-electron chi connectivity index (χ3n) is 3.39. The SMILES string of the molecule is O=C(N/N=C(/COc1ccccc1)N=Cc1cccnc1)c1ccncc1. The summed E-state index contributed by atoms with van der Waals surface area (Å²) in [5.41, 5.74) is 3.75. The largest absolute Gasteiger partial charge is 0.486 e. The highest BCUT2D eigenvalue weighted by molar-refractivity contribution is 5.98. The Labute approximate surface area is 156 Å². The van der Waals surface area contributed by atoms with Crippen molar-refractivity contribution in [2.75, 3.05) is 6.61 Å². The van der Waals surface area contributed by atoms with E-state index in [9.17, 15) is 4.79 Å². The van der Waals surface area contributed by atoms with Gasteiger partial charge < -0.3 is 4.74 Å². The monoisotopic (exact) mass is 359 g/mol. The zero-order valence-corrected chi connectivity index (χ0v) is 14.4. The Kier molecular flexibility index (Phi) is 6.36. The fourth-order valence-corrected chi connectivity index (χ4v) is 2.05. The highest BCUT2D eigenvalue weighted by atomic mass is 16.5. The Balaban J connectivity index is 1.71. The predicted octanol–water partition coefficient (Wildman–Crippen LogP) is 2.72. The summed E-state index contributed by atoms with van der Waals surface area (Å²) in [5, 5.41) is 4.08. The molecule has 134 valence electrons. The minimum absolute atomic E-state index is 0.0946. The number of benzene rings is 1. The van der Waals surface area contributed by atoms with E-state index >= 15 is 0 Å². The van der Waals surface area contributed by atoms with Crippen LogP contribution in [0.3, 0.4) is 0 Å². The third kappa shape index (κ3) is 5.86. The van der Waals surface area contributed by atoms with E-state index in [-0.39, 0.29) is 12.5 Å². The lowest BCUT2D eigenvalue weighted by Gasteiger charge is -2.06. The number of nitrogens with one attached hydrogen (secondary N) is 1. The van der Waals surface area contributed by atoms with Gasteiger partial charge >= 0.3 is 0 Å². The maximum atomic E-state index is 12.1. The molecule has 27 heavy (non-hydrogen) atoms. The molecular formula is C20H17N5O2. The van der Waals surface area contributed by atoms with Gasteiger partial charge in [-0.25, -0.2) is 10.4 Å². The molecule has 2 heterocycles. The van der Waals surface area contributed by atoms with Crippen molar-refractivity contribution in [2.45, 2.75) is 0 Å². The molecule has 0 saturated carbocycles. The summed E-state index contributed by atoms with van der Waals surface area (Å²) in [6.45, 7) is 0.0946. The van der Waals surface area contributed by atoms with E-state index in [0.717, 1.165) is 5.56 Å². The number of para-hydroxylation sites is 1. The molecule has 3 aromatic rings. The quantitative estimate of drug-likeness (QED) is 0.416. The Hall–Kier alpha value is -3.87. The molecule has 3 rings (SSSR count). The van der Waals surface area contributed by atoms with Crippen LogP contribution in [-0.2, 0) is 0 Å². The zero-order valence-electron chi connectivity index (χ0n) is 14.4. The highest BCUT2D eigenvalue weighted by Gasteiger charge is 2.05. The fourth-order valence-electron chi connectivity index (χ4n) is 2.05. The molecule has 0 spiro atoms. The third-order valence-corrected chi connectivity index (χ3v) is 3.39. The summed E-state index contributed by atoms with van der Waals surface area (Å²) >= 11 is 0. The topological polar surface area (TPSA) is 88.8 Å². The first-order valence-corrected chi connectivity index (χ1v) is 8.20. The molecule has 7 heteroatoms. The second kappa shape index (κ2) is 9.57. The number of hydrazone groups is 1. The van der Waals surface area contributed by atoms with Gasteiger partial charge in [0.15, 0.2) is 5.84 Å². The summed E-state index contributed by atoms with van der Waals surface area (Å²) in [6.07, 6.45) is 8.05. The first-order valence-electron chi connectivity index (χ1n) is 8.20. The Morgan fingerprint density at radius 2 is 1.81 bits per heavy atom. The molecule has 0 bridgehead atoms. The van der Waals surface area contributed by atoms with Crippen molar-refractivity contribution in [2.24, 2.45) is 10.1 Å². The molecule has 0 fully saturated rings. The minimum atomic E-state index is -0.355. The summed E-state index contributed by atoms with van der Waals surface area (Å²) in [4.78, 5) is 24.4. The lowest BCUT2D eigenvalue weighted by atomic mass is 10.3. The van der Waals surface area contributed by atoms with Gasteiger partial charge in [0.05, 0.1) is 0 Å². The van der Waals surface area contributed by atoms with Gasteiger partial charge in [0.1, 0.15) is 12.4 Å². The van der Waals surface area contributed by atoms with Gasteiger partial charge in [0.25, 0.3) is 5.91 Å². The van der Waals surface area contributed by atoms with E-state index in [1.54, 1.807) is 43.1 Å². The van der Waals surface area contributed by atoms with E-state index in [1.807, 2.05) is 42.5 Å². The molecule has 0 saturated heterocycles. The van der Waals surface area contributed by atoms with Crippen LogP contribution in [0.5, 0.6) is 5.75 Å². The number of hydrogen-bond donors (Lipinski definition) is 1. The number of hydrogen-bond acceptors (Lipinski definition) is 5. The van der Waals surface area contributed by atoms with Crippen LogP contribution in [0.1, 0.15) is 15.9 Å². The van der Waals surface area contributed by atoms with Crippen LogP contribution >= 0.6 is 0 Å². The maximum absolute atomic E-state index is 12.1. The van der Waals surface area contributed by atoms with Crippen molar-refractivity contribution in [1.82, 2.24) is 15.4 Å². The van der Waals surface area contributed by atoms with E-state index in [1.165, 1.54) is 0 Å². The molecular weight excluding hydrogens is 342 g/mol. The van der Waals surface area contributed by atoms with Crippen LogP contribution < -0.4 is 10.2 Å². The van der Waals surface area contributed by atoms with Gasteiger partial charge in [0.2, 0.25) is 0 Å².